The van der Waals surface area contributed by atoms with Crippen LogP contribution < -0.4 is 0 Å². The van der Waals surface area contributed by atoms with Crippen molar-refractivity contribution in [2.75, 3.05) is 0 Å². The van der Waals surface area contributed by atoms with Gasteiger partial charge in [0, 0.05) is 0 Å². The van der Waals surface area contributed by atoms with Crippen LogP contribution in [0.3, 0.4) is 0 Å². The molecule has 0 radical (unpaired) electrons. The third kappa shape index (κ3) is 2.44. The second kappa shape index (κ2) is 5.87. The lowest BCUT2D eigenvalue weighted by molar-refractivity contribution is -0.811. The van der Waals surface area contributed by atoms with Crippen LogP contribution in [0.1, 0.15) is 31.7 Å². The molecule has 0 amide bonds. The van der Waals surface area contributed by atoms with Crippen LogP contribution in [0.25, 0.3) is 10.8 Å². The molecule has 0 spiro atoms. The fraction of sp³-hybridized carbons (Fsp3) is 0.333. The van der Waals surface area contributed by atoms with E-state index in [9.17, 15) is 20.2 Å². The molecular formula is C15H16N2O4. The lowest BCUT2D eigenvalue weighted by Gasteiger charge is -2.19. The normalized spacial score (nSPS) is 11.5. The summed E-state index contributed by atoms with van der Waals surface area (Å²) in [6, 6.07) is 11.9. The van der Waals surface area contributed by atoms with E-state index in [0.717, 1.165) is 5.39 Å². The van der Waals surface area contributed by atoms with E-state index >= 15 is 0 Å². The third-order valence-electron chi connectivity index (χ3n) is 3.70. The second-order valence-corrected chi connectivity index (χ2v) is 4.96. The van der Waals surface area contributed by atoms with Crippen molar-refractivity contribution in [1.29, 1.82) is 0 Å². The van der Waals surface area contributed by atoms with E-state index in [4.69, 9.17) is 0 Å². The van der Waals surface area contributed by atoms with Gasteiger partial charge in [0.25, 0.3) is 0 Å². The molecule has 0 aliphatic rings. The number of nitro groups is 2. The third-order valence-corrected chi connectivity index (χ3v) is 3.70. The summed E-state index contributed by atoms with van der Waals surface area (Å²) >= 11 is 0. The molecule has 2 rings (SSSR count). The number of benzene rings is 2. The SMILES string of the molecule is CCCCC(c1cccc2ccccc12)([N+](=O)[O-])[N+](=O)[O-]. The number of hydrogen-bond donors (Lipinski definition) is 0. The van der Waals surface area contributed by atoms with Crippen molar-refractivity contribution in [2.45, 2.75) is 31.8 Å². The highest BCUT2D eigenvalue weighted by Crippen LogP contribution is 2.36. The van der Waals surface area contributed by atoms with Gasteiger partial charge < -0.3 is 0 Å². The topological polar surface area (TPSA) is 86.3 Å². The highest BCUT2D eigenvalue weighted by molar-refractivity contribution is 5.86. The van der Waals surface area contributed by atoms with E-state index in [2.05, 4.69) is 0 Å². The predicted molar refractivity (Wildman–Crippen MR) is 79.1 cm³/mol. The van der Waals surface area contributed by atoms with Crippen molar-refractivity contribution in [3.05, 3.63) is 68.3 Å². The molecule has 0 bridgehead atoms. The number of nitrogens with zero attached hydrogens (tertiary/aromatic N) is 2. The molecule has 6 nitrogen and oxygen atoms in total. The summed E-state index contributed by atoms with van der Waals surface area (Å²) in [6.07, 6.45) is 0.969. The van der Waals surface area contributed by atoms with Gasteiger partial charge in [-0.15, -0.1) is 0 Å². The van der Waals surface area contributed by atoms with Crippen LogP contribution in [0, 0.1) is 20.2 Å². The van der Waals surface area contributed by atoms with E-state index in [1.54, 1.807) is 36.4 Å². The minimum atomic E-state index is -2.28. The average Bonchev–Trinajstić information content (AvgIpc) is 2.47. The van der Waals surface area contributed by atoms with Gasteiger partial charge in [0.2, 0.25) is 0 Å². The van der Waals surface area contributed by atoms with Crippen LogP contribution in [0.15, 0.2) is 42.5 Å². The fourth-order valence-corrected chi connectivity index (χ4v) is 2.58. The molecule has 0 saturated heterocycles. The molecule has 2 aromatic rings. The van der Waals surface area contributed by atoms with Gasteiger partial charge in [-0.2, -0.15) is 0 Å². The van der Waals surface area contributed by atoms with Gasteiger partial charge in [-0.3, -0.25) is 20.2 Å². The van der Waals surface area contributed by atoms with Crippen LogP contribution >= 0.6 is 0 Å². The Bertz CT molecular complexity index is 665. The Morgan fingerprint density at radius 2 is 1.62 bits per heavy atom. The zero-order valence-electron chi connectivity index (χ0n) is 11.7. The van der Waals surface area contributed by atoms with E-state index in [-0.39, 0.29) is 12.0 Å². The van der Waals surface area contributed by atoms with E-state index in [1.165, 1.54) is 6.07 Å². The molecule has 21 heavy (non-hydrogen) atoms. The average molecular weight is 288 g/mol. The summed E-state index contributed by atoms with van der Waals surface area (Å²) in [5, 5.41) is 24.5. The zero-order valence-corrected chi connectivity index (χ0v) is 11.7. The van der Waals surface area contributed by atoms with E-state index < -0.39 is 15.5 Å². The molecule has 0 saturated carbocycles. The van der Waals surface area contributed by atoms with Crippen molar-refractivity contribution in [1.82, 2.24) is 0 Å². The molecule has 0 unspecified atom stereocenters. The maximum absolute atomic E-state index is 11.6. The molecule has 0 aromatic heterocycles. The summed E-state index contributed by atoms with van der Waals surface area (Å²) in [6.45, 7) is 1.85. The standard InChI is InChI=1S/C15H16N2O4/c1-2-3-11-15(16(18)19,17(20)21)14-10-6-8-12-7-4-5-9-13(12)14/h4-10H,2-3,11H2,1H3. The van der Waals surface area contributed by atoms with Gasteiger partial charge in [-0.25, -0.2) is 0 Å². The Balaban J connectivity index is 2.74. The van der Waals surface area contributed by atoms with Crippen molar-refractivity contribution in [3.63, 3.8) is 0 Å². The Morgan fingerprint density at radius 3 is 2.24 bits per heavy atom. The van der Waals surface area contributed by atoms with Crippen molar-refractivity contribution in [2.24, 2.45) is 0 Å². The molecule has 6 heteroatoms. The summed E-state index contributed by atoms with van der Waals surface area (Å²) in [5.74, 6) is 0. The van der Waals surface area contributed by atoms with Crippen LogP contribution in [-0.2, 0) is 5.66 Å². The van der Waals surface area contributed by atoms with Gasteiger partial charge in [-0.1, -0.05) is 49.7 Å². The number of fused-ring (bicyclic) bond motifs is 1. The Kier molecular flexibility index (Phi) is 4.16. The van der Waals surface area contributed by atoms with E-state index in [0.29, 0.717) is 18.2 Å². The Labute approximate surface area is 121 Å². The fourth-order valence-electron chi connectivity index (χ4n) is 2.58. The summed E-state index contributed by atoms with van der Waals surface area (Å²) in [7, 11) is 0. The molecular weight excluding hydrogens is 272 g/mol. The minimum absolute atomic E-state index is 0.114. The molecule has 0 fully saturated rings. The molecule has 0 atom stereocenters. The molecule has 0 heterocycles. The highest BCUT2D eigenvalue weighted by Gasteiger charge is 2.57. The Hall–Kier alpha value is -2.50. The molecule has 0 aliphatic heterocycles. The highest BCUT2D eigenvalue weighted by atomic mass is 16.7. The first-order valence-corrected chi connectivity index (χ1v) is 6.81. The second-order valence-electron chi connectivity index (χ2n) is 4.96. The maximum Gasteiger partial charge on any atom is 0.484 e. The number of hydrogen-bond acceptors (Lipinski definition) is 4. The first-order chi connectivity index (χ1) is 10.0. The first-order valence-electron chi connectivity index (χ1n) is 6.81. The van der Waals surface area contributed by atoms with Gasteiger partial charge in [0.05, 0.1) is 6.42 Å². The number of rotatable bonds is 6. The molecule has 0 aliphatic carbocycles. The van der Waals surface area contributed by atoms with Crippen molar-refractivity contribution in [3.8, 4) is 0 Å². The molecule has 2 aromatic carbocycles. The number of unbranched alkanes of at least 4 members (excludes halogenated alkanes) is 1. The van der Waals surface area contributed by atoms with Gasteiger partial charge in [0.1, 0.15) is 15.4 Å². The van der Waals surface area contributed by atoms with Gasteiger partial charge in [0.15, 0.2) is 0 Å². The summed E-state index contributed by atoms with van der Waals surface area (Å²) in [4.78, 5) is 21.6. The van der Waals surface area contributed by atoms with Crippen molar-refractivity contribution < 1.29 is 9.85 Å². The lowest BCUT2D eigenvalue weighted by atomic mass is 9.90. The minimum Gasteiger partial charge on any atom is -0.258 e. The van der Waals surface area contributed by atoms with Gasteiger partial charge >= 0.3 is 5.66 Å². The van der Waals surface area contributed by atoms with Gasteiger partial charge in [-0.05, 0) is 23.3 Å². The van der Waals surface area contributed by atoms with Crippen LogP contribution in [0.4, 0.5) is 0 Å². The van der Waals surface area contributed by atoms with Crippen LogP contribution in [0.2, 0.25) is 0 Å². The monoisotopic (exact) mass is 288 g/mol. The quantitative estimate of drug-likeness (QED) is 0.460. The van der Waals surface area contributed by atoms with E-state index in [1.807, 2.05) is 6.92 Å². The first kappa shape index (κ1) is 14.9. The molecule has 0 N–H and O–H groups in total. The van der Waals surface area contributed by atoms with Crippen LogP contribution in [-0.4, -0.2) is 9.85 Å². The smallest absolute Gasteiger partial charge is 0.258 e. The summed E-state index contributed by atoms with van der Waals surface area (Å²) < 4.78 is 0. The largest absolute Gasteiger partial charge is 0.484 e. The van der Waals surface area contributed by atoms with Crippen molar-refractivity contribution >= 4 is 10.8 Å². The zero-order chi connectivity index (χ0) is 15.5. The molecule has 110 valence electrons. The predicted octanol–water partition coefficient (Wildman–Crippen LogP) is 3.74. The maximum atomic E-state index is 11.6. The van der Waals surface area contributed by atoms with Crippen LogP contribution in [0.5, 0.6) is 0 Å². The lowest BCUT2D eigenvalue weighted by Crippen LogP contribution is -2.43. The summed E-state index contributed by atoms with van der Waals surface area (Å²) in [5.41, 5.74) is -2.12. The Morgan fingerprint density at radius 1 is 1.00 bits per heavy atom.